The SMILES string of the molecule is C=C1C(=CC=C2CCC[C@]3(C)C([C@H](C)OCC(=O)OC4CCCCCCCCCCC4)=CC[C@@H]23)C[C@@H](O[Si](C)(C)C(C)(C)C)C[C@@H]1O[Si](C)(C)C(C)(C)C. The average Bonchev–Trinajstić information content (AvgIpc) is 3.42. The number of allylic oxidation sites excluding steroid dienone is 4. The summed E-state index contributed by atoms with van der Waals surface area (Å²) < 4.78 is 26.6. The predicted molar refractivity (Wildman–Crippen MR) is 233 cm³/mol. The molecule has 4 aliphatic rings. The van der Waals surface area contributed by atoms with Crippen LogP contribution in [0, 0.1) is 11.3 Å². The zero-order valence-corrected chi connectivity index (χ0v) is 39.1. The lowest BCUT2D eigenvalue weighted by Gasteiger charge is -2.45. The molecule has 0 bridgehead atoms. The number of ether oxygens (including phenoxy) is 2. The summed E-state index contributed by atoms with van der Waals surface area (Å²) in [6.07, 6.45) is 26.9. The molecule has 4 rings (SSSR count). The van der Waals surface area contributed by atoms with Gasteiger partial charge in [0.05, 0.1) is 18.3 Å². The van der Waals surface area contributed by atoms with Crippen molar-refractivity contribution in [1.29, 1.82) is 0 Å². The smallest absolute Gasteiger partial charge is 0.332 e. The Balaban J connectivity index is 1.44. The van der Waals surface area contributed by atoms with Gasteiger partial charge in [0.25, 0.3) is 0 Å². The predicted octanol–water partition coefficient (Wildman–Crippen LogP) is 13.7. The van der Waals surface area contributed by atoms with Crippen LogP contribution in [0.5, 0.6) is 0 Å². The summed E-state index contributed by atoms with van der Waals surface area (Å²) in [5, 5.41) is 0.274. The molecule has 0 heterocycles. The minimum atomic E-state index is -2.02. The minimum Gasteiger partial charge on any atom is -0.461 e. The van der Waals surface area contributed by atoms with Crippen LogP contribution in [0.4, 0.5) is 0 Å². The van der Waals surface area contributed by atoms with E-state index in [9.17, 15) is 4.79 Å². The molecule has 308 valence electrons. The molecule has 3 saturated carbocycles. The fourth-order valence-electron chi connectivity index (χ4n) is 8.99. The van der Waals surface area contributed by atoms with Gasteiger partial charge in [-0.2, -0.15) is 0 Å². The molecular weight excluding hydrogens is 701 g/mol. The number of carbonyl (C=O) groups is 1. The summed E-state index contributed by atoms with van der Waals surface area (Å²) in [5.74, 6) is 0.247. The second-order valence-electron chi connectivity index (χ2n) is 20.8. The van der Waals surface area contributed by atoms with Crippen molar-refractivity contribution in [3.8, 4) is 0 Å². The van der Waals surface area contributed by atoms with Gasteiger partial charge < -0.3 is 18.3 Å². The highest BCUT2D eigenvalue weighted by molar-refractivity contribution is 6.74. The molecule has 54 heavy (non-hydrogen) atoms. The molecule has 0 aliphatic heterocycles. The van der Waals surface area contributed by atoms with Gasteiger partial charge in [-0.05, 0) is 129 Å². The fraction of sp³-hybridized carbons (Fsp3) is 0.809. The summed E-state index contributed by atoms with van der Waals surface area (Å²) >= 11 is 0. The van der Waals surface area contributed by atoms with Crippen LogP contribution in [0.25, 0.3) is 0 Å². The Morgan fingerprint density at radius 1 is 0.852 bits per heavy atom. The molecule has 7 heteroatoms. The molecule has 3 fully saturated rings. The van der Waals surface area contributed by atoms with Crippen molar-refractivity contribution in [2.45, 2.75) is 225 Å². The van der Waals surface area contributed by atoms with Crippen LogP contribution < -0.4 is 0 Å². The molecule has 0 saturated heterocycles. The normalized spacial score (nSPS) is 29.7. The summed E-state index contributed by atoms with van der Waals surface area (Å²) in [6, 6.07) is 0. The van der Waals surface area contributed by atoms with E-state index < -0.39 is 16.6 Å². The Hall–Kier alpha value is -1.26. The summed E-state index contributed by atoms with van der Waals surface area (Å²) in [7, 11) is -3.99. The van der Waals surface area contributed by atoms with Gasteiger partial charge in [-0.3, -0.25) is 0 Å². The van der Waals surface area contributed by atoms with Gasteiger partial charge in [-0.15, -0.1) is 0 Å². The van der Waals surface area contributed by atoms with E-state index in [0.29, 0.717) is 5.92 Å². The third kappa shape index (κ3) is 11.9. The van der Waals surface area contributed by atoms with E-state index >= 15 is 0 Å². The molecular formula is C47H82O5Si2. The van der Waals surface area contributed by atoms with E-state index in [-0.39, 0.29) is 52.5 Å². The van der Waals surface area contributed by atoms with Gasteiger partial charge in [-0.25, -0.2) is 4.79 Å². The first kappa shape index (κ1) is 45.4. The lowest BCUT2D eigenvalue weighted by Crippen LogP contribution is -2.49. The number of rotatable bonds is 10. The summed E-state index contributed by atoms with van der Waals surface area (Å²) in [4.78, 5) is 13.1. The number of carbonyl (C=O) groups excluding carboxylic acids is 1. The highest BCUT2D eigenvalue weighted by Crippen LogP contribution is 2.56. The van der Waals surface area contributed by atoms with Crippen molar-refractivity contribution >= 4 is 22.6 Å². The molecule has 5 nitrogen and oxygen atoms in total. The Bertz CT molecular complexity index is 1350. The lowest BCUT2D eigenvalue weighted by atomic mass is 9.63. The highest BCUT2D eigenvalue weighted by Gasteiger charge is 2.47. The van der Waals surface area contributed by atoms with E-state index in [1.54, 1.807) is 0 Å². The standard InChI is InChI=1S/C47H82O5Si2/c1-35-38(32-40(51-53(10,11)45(3,4)5)33-43(35)52-54(12,13)46(6,7)8)28-27-37-24-23-31-47(9)41(29-30-42(37)47)36(2)49-34-44(48)50-39-25-21-19-17-15-14-16-18-20-22-26-39/h27-29,36,39-40,42-43H,1,14-26,30-34H2,2-13H3/t36-,40+,42-,43-,47+/m0/s1. The maximum atomic E-state index is 13.1. The Kier molecular flexibility index (Phi) is 16.0. The molecule has 4 aliphatic carbocycles. The highest BCUT2D eigenvalue weighted by atomic mass is 28.4. The first-order valence-corrected chi connectivity index (χ1v) is 27.9. The second kappa shape index (κ2) is 19.0. The Morgan fingerprint density at radius 3 is 1.98 bits per heavy atom. The first-order chi connectivity index (χ1) is 25.1. The molecule has 0 radical (unpaired) electrons. The topological polar surface area (TPSA) is 54.0 Å². The number of hydrogen-bond donors (Lipinski definition) is 0. The lowest BCUT2D eigenvalue weighted by molar-refractivity contribution is -0.156. The van der Waals surface area contributed by atoms with Crippen molar-refractivity contribution in [2.75, 3.05) is 6.61 Å². The number of hydrogen-bond acceptors (Lipinski definition) is 5. The zero-order chi connectivity index (χ0) is 40.0. The minimum absolute atomic E-state index is 0.0182. The molecule has 5 atom stereocenters. The van der Waals surface area contributed by atoms with Gasteiger partial charge >= 0.3 is 5.97 Å². The van der Waals surface area contributed by atoms with Gasteiger partial charge in [-0.1, -0.05) is 124 Å². The van der Waals surface area contributed by atoms with Crippen molar-refractivity contribution in [1.82, 2.24) is 0 Å². The molecule has 0 N–H and O–H groups in total. The molecule has 0 aromatic rings. The van der Waals surface area contributed by atoms with Crippen molar-refractivity contribution in [3.63, 3.8) is 0 Å². The monoisotopic (exact) mass is 783 g/mol. The van der Waals surface area contributed by atoms with Crippen molar-refractivity contribution in [2.24, 2.45) is 11.3 Å². The van der Waals surface area contributed by atoms with E-state index in [2.05, 4.69) is 106 Å². The van der Waals surface area contributed by atoms with E-state index in [1.165, 1.54) is 61.7 Å². The van der Waals surface area contributed by atoms with E-state index in [1.807, 2.05) is 0 Å². The first-order valence-electron chi connectivity index (χ1n) is 22.1. The maximum Gasteiger partial charge on any atom is 0.332 e. The zero-order valence-electron chi connectivity index (χ0n) is 37.1. The van der Waals surface area contributed by atoms with Crippen LogP contribution in [0.2, 0.25) is 36.3 Å². The van der Waals surface area contributed by atoms with Crippen LogP contribution in [0.3, 0.4) is 0 Å². The molecule has 0 aromatic carbocycles. The number of esters is 1. The molecule has 0 amide bonds. The van der Waals surface area contributed by atoms with Gasteiger partial charge in [0.15, 0.2) is 16.6 Å². The van der Waals surface area contributed by atoms with Crippen LogP contribution in [-0.4, -0.2) is 53.6 Å². The molecule has 0 unspecified atom stereocenters. The van der Waals surface area contributed by atoms with Crippen molar-refractivity contribution in [3.05, 3.63) is 47.1 Å². The van der Waals surface area contributed by atoms with Crippen LogP contribution >= 0.6 is 0 Å². The molecule has 0 spiro atoms. The van der Waals surface area contributed by atoms with E-state index in [0.717, 1.165) is 69.8 Å². The summed E-state index contributed by atoms with van der Waals surface area (Å²) in [5.41, 5.74) is 5.35. The van der Waals surface area contributed by atoms with Crippen LogP contribution in [0.15, 0.2) is 47.1 Å². The second-order valence-corrected chi connectivity index (χ2v) is 30.3. The average molecular weight is 783 g/mol. The number of fused-ring (bicyclic) bond motifs is 1. The third-order valence-electron chi connectivity index (χ3n) is 14.6. The van der Waals surface area contributed by atoms with Crippen LogP contribution in [-0.2, 0) is 23.1 Å². The van der Waals surface area contributed by atoms with Crippen LogP contribution in [0.1, 0.15) is 165 Å². The fourth-order valence-corrected chi connectivity index (χ4v) is 11.7. The molecule has 0 aromatic heterocycles. The Morgan fingerprint density at radius 2 is 1.41 bits per heavy atom. The third-order valence-corrected chi connectivity index (χ3v) is 23.6. The summed E-state index contributed by atoms with van der Waals surface area (Å²) in [6.45, 7) is 32.7. The Labute approximate surface area is 334 Å². The maximum absolute atomic E-state index is 13.1. The quantitative estimate of drug-likeness (QED) is 0.125. The van der Waals surface area contributed by atoms with E-state index in [4.69, 9.17) is 18.3 Å². The van der Waals surface area contributed by atoms with Crippen molar-refractivity contribution < 1.29 is 23.1 Å². The largest absolute Gasteiger partial charge is 0.461 e. The van der Waals surface area contributed by atoms with Gasteiger partial charge in [0.1, 0.15) is 12.7 Å². The van der Waals surface area contributed by atoms with Gasteiger partial charge in [0, 0.05) is 6.42 Å². The van der Waals surface area contributed by atoms with Gasteiger partial charge in [0.2, 0.25) is 0 Å².